The van der Waals surface area contributed by atoms with Crippen LogP contribution in [0.5, 0.6) is 5.75 Å². The number of fused-ring (bicyclic) bond motifs is 1. The summed E-state index contributed by atoms with van der Waals surface area (Å²) in [5, 5.41) is 6.07. The number of halogens is 1. The third-order valence-electron chi connectivity index (χ3n) is 6.87. The quantitative estimate of drug-likeness (QED) is 0.594. The van der Waals surface area contributed by atoms with Crippen molar-refractivity contribution in [2.75, 3.05) is 12.4 Å². The molecule has 1 aliphatic heterocycles. The van der Waals surface area contributed by atoms with Crippen molar-refractivity contribution in [3.05, 3.63) is 58.6 Å². The van der Waals surface area contributed by atoms with Crippen molar-refractivity contribution < 1.29 is 19.1 Å². The zero-order valence-corrected chi connectivity index (χ0v) is 21.1. The average Bonchev–Trinajstić information content (AvgIpc) is 3.24. The van der Waals surface area contributed by atoms with Crippen LogP contribution in [0.2, 0.25) is 5.02 Å². The molecule has 1 saturated carbocycles. The van der Waals surface area contributed by atoms with Crippen molar-refractivity contribution in [2.45, 2.75) is 64.1 Å². The lowest BCUT2D eigenvalue weighted by molar-refractivity contribution is -0.120. The number of carbonyl (C=O) groups excluding carboxylic acids is 3. The first-order valence-electron chi connectivity index (χ1n) is 12.2. The zero-order chi connectivity index (χ0) is 25.1. The van der Waals surface area contributed by atoms with Gasteiger partial charge < -0.3 is 20.3 Å². The molecule has 0 bridgehead atoms. The number of rotatable bonds is 6. The SMILES string of the molecule is COc1ccccc1C(=O)N1C(C(=O)Nc2cc(C(=O)NC(C)C)ccc2Cl)CC2CCCCC21. The first kappa shape index (κ1) is 25.0. The van der Waals surface area contributed by atoms with Crippen LogP contribution in [-0.2, 0) is 4.79 Å². The molecule has 2 aliphatic rings. The highest BCUT2D eigenvalue weighted by atomic mass is 35.5. The summed E-state index contributed by atoms with van der Waals surface area (Å²) < 4.78 is 5.43. The van der Waals surface area contributed by atoms with E-state index in [9.17, 15) is 14.4 Å². The van der Waals surface area contributed by atoms with Crippen LogP contribution < -0.4 is 15.4 Å². The van der Waals surface area contributed by atoms with Crippen LogP contribution in [0.25, 0.3) is 0 Å². The highest BCUT2D eigenvalue weighted by Gasteiger charge is 2.48. The van der Waals surface area contributed by atoms with Crippen LogP contribution in [0.3, 0.4) is 0 Å². The van der Waals surface area contributed by atoms with Gasteiger partial charge in [0, 0.05) is 17.6 Å². The molecular formula is C27H32ClN3O4. The summed E-state index contributed by atoms with van der Waals surface area (Å²) in [4.78, 5) is 41.5. The molecule has 0 aromatic heterocycles. The fraction of sp³-hybridized carbons (Fsp3) is 0.444. The number of nitrogens with one attached hydrogen (secondary N) is 2. The molecule has 1 heterocycles. The molecule has 2 aromatic carbocycles. The predicted molar refractivity (Wildman–Crippen MR) is 136 cm³/mol. The second-order valence-electron chi connectivity index (χ2n) is 9.59. The standard InChI is InChI=1S/C27H32ClN3O4/c1-16(2)29-25(32)18-12-13-20(28)21(14-18)30-26(33)23-15-17-8-4-6-10-22(17)31(23)27(34)19-9-5-7-11-24(19)35-3/h5,7,9,11-14,16-17,22-23H,4,6,8,10,15H2,1-3H3,(H,29,32)(H,30,33). The second-order valence-corrected chi connectivity index (χ2v) is 10.00. The van der Waals surface area contributed by atoms with Crippen molar-refractivity contribution in [1.82, 2.24) is 10.2 Å². The van der Waals surface area contributed by atoms with Gasteiger partial charge in [-0.05, 0) is 69.4 Å². The fourth-order valence-electron chi connectivity index (χ4n) is 5.27. The zero-order valence-electron chi connectivity index (χ0n) is 20.3. The van der Waals surface area contributed by atoms with Gasteiger partial charge in [0.1, 0.15) is 11.8 Å². The molecule has 0 spiro atoms. The Kier molecular flexibility index (Phi) is 7.65. The Morgan fingerprint density at radius 2 is 1.83 bits per heavy atom. The van der Waals surface area contributed by atoms with Crippen molar-refractivity contribution in [2.24, 2.45) is 5.92 Å². The smallest absolute Gasteiger partial charge is 0.258 e. The second kappa shape index (κ2) is 10.7. The molecular weight excluding hydrogens is 466 g/mol. The summed E-state index contributed by atoms with van der Waals surface area (Å²) >= 11 is 6.37. The molecule has 3 atom stereocenters. The number of ether oxygens (including phenoxy) is 1. The topological polar surface area (TPSA) is 87.7 Å². The van der Waals surface area contributed by atoms with Crippen molar-refractivity contribution >= 4 is 35.0 Å². The lowest BCUT2D eigenvalue weighted by Crippen LogP contribution is -2.48. The lowest BCUT2D eigenvalue weighted by Gasteiger charge is -2.34. The number of hydrogen-bond donors (Lipinski definition) is 2. The van der Waals surface area contributed by atoms with Crippen molar-refractivity contribution in [3.63, 3.8) is 0 Å². The number of amides is 3. The molecule has 8 heteroatoms. The fourth-order valence-corrected chi connectivity index (χ4v) is 5.44. The summed E-state index contributed by atoms with van der Waals surface area (Å²) in [5.74, 6) is 0.0192. The van der Waals surface area contributed by atoms with Crippen LogP contribution in [0, 0.1) is 5.92 Å². The summed E-state index contributed by atoms with van der Waals surface area (Å²) in [5.41, 5.74) is 1.21. The first-order valence-corrected chi connectivity index (χ1v) is 12.5. The van der Waals surface area contributed by atoms with E-state index in [4.69, 9.17) is 16.3 Å². The van der Waals surface area contributed by atoms with Gasteiger partial charge in [0.15, 0.2) is 0 Å². The third kappa shape index (κ3) is 5.30. The normalized spacial score (nSPS) is 21.4. The van der Waals surface area contributed by atoms with Gasteiger partial charge in [-0.25, -0.2) is 0 Å². The summed E-state index contributed by atoms with van der Waals surface area (Å²) in [6.07, 6.45) is 4.61. The number of likely N-dealkylation sites (tertiary alicyclic amines) is 1. The molecule has 4 rings (SSSR count). The molecule has 3 unspecified atom stereocenters. The van der Waals surface area contributed by atoms with E-state index < -0.39 is 6.04 Å². The monoisotopic (exact) mass is 497 g/mol. The Morgan fingerprint density at radius 1 is 1.09 bits per heavy atom. The maximum absolute atomic E-state index is 13.7. The maximum atomic E-state index is 13.7. The van der Waals surface area contributed by atoms with Gasteiger partial charge in [0.2, 0.25) is 5.91 Å². The third-order valence-corrected chi connectivity index (χ3v) is 7.20. The Bertz CT molecular complexity index is 1120. The molecule has 3 amide bonds. The van der Waals surface area contributed by atoms with E-state index in [-0.39, 0.29) is 35.7 Å². The highest BCUT2D eigenvalue weighted by molar-refractivity contribution is 6.34. The molecule has 2 fully saturated rings. The number of para-hydroxylation sites is 1. The maximum Gasteiger partial charge on any atom is 0.258 e. The number of nitrogens with zero attached hydrogens (tertiary/aromatic N) is 1. The molecule has 1 aliphatic carbocycles. The van der Waals surface area contributed by atoms with Crippen LogP contribution in [0.4, 0.5) is 5.69 Å². The summed E-state index contributed by atoms with van der Waals surface area (Å²) in [6, 6.07) is 11.3. The molecule has 1 saturated heterocycles. The Hall–Kier alpha value is -3.06. The van der Waals surface area contributed by atoms with E-state index in [0.717, 1.165) is 25.7 Å². The number of hydrogen-bond acceptors (Lipinski definition) is 4. The van der Waals surface area contributed by atoms with E-state index in [1.54, 1.807) is 41.3 Å². The van der Waals surface area contributed by atoms with Gasteiger partial charge in [0.05, 0.1) is 23.4 Å². The Labute approximate surface area is 211 Å². The molecule has 2 aromatic rings. The van der Waals surface area contributed by atoms with Crippen LogP contribution >= 0.6 is 11.6 Å². The Balaban J connectivity index is 1.61. The van der Waals surface area contributed by atoms with Gasteiger partial charge in [-0.1, -0.05) is 36.6 Å². The van der Waals surface area contributed by atoms with E-state index >= 15 is 0 Å². The van der Waals surface area contributed by atoms with Gasteiger partial charge >= 0.3 is 0 Å². The van der Waals surface area contributed by atoms with Gasteiger partial charge in [-0.15, -0.1) is 0 Å². The van der Waals surface area contributed by atoms with Gasteiger partial charge in [-0.2, -0.15) is 0 Å². The minimum Gasteiger partial charge on any atom is -0.496 e. The van der Waals surface area contributed by atoms with Gasteiger partial charge in [-0.3, -0.25) is 14.4 Å². The minimum absolute atomic E-state index is 0.00976. The predicted octanol–water partition coefficient (Wildman–Crippen LogP) is 4.90. The van der Waals surface area contributed by atoms with Crippen LogP contribution in [-0.4, -0.2) is 47.9 Å². The van der Waals surface area contributed by atoms with E-state index in [0.29, 0.717) is 34.0 Å². The number of carbonyl (C=O) groups is 3. The summed E-state index contributed by atoms with van der Waals surface area (Å²) in [6.45, 7) is 3.76. The molecule has 0 radical (unpaired) electrons. The molecule has 35 heavy (non-hydrogen) atoms. The number of benzene rings is 2. The summed E-state index contributed by atoms with van der Waals surface area (Å²) in [7, 11) is 1.54. The van der Waals surface area contributed by atoms with E-state index in [2.05, 4.69) is 10.6 Å². The van der Waals surface area contributed by atoms with Crippen LogP contribution in [0.15, 0.2) is 42.5 Å². The molecule has 186 valence electrons. The van der Waals surface area contributed by atoms with E-state index in [1.807, 2.05) is 19.9 Å². The largest absolute Gasteiger partial charge is 0.496 e. The minimum atomic E-state index is -0.635. The molecule has 2 N–H and O–H groups in total. The van der Waals surface area contributed by atoms with E-state index in [1.165, 1.54) is 7.11 Å². The highest BCUT2D eigenvalue weighted by Crippen LogP contribution is 2.41. The van der Waals surface area contributed by atoms with Crippen LogP contribution in [0.1, 0.15) is 66.7 Å². The van der Waals surface area contributed by atoms with Gasteiger partial charge in [0.25, 0.3) is 11.8 Å². The number of methoxy groups -OCH3 is 1. The van der Waals surface area contributed by atoms with Crippen molar-refractivity contribution in [3.8, 4) is 5.75 Å². The lowest BCUT2D eigenvalue weighted by atomic mass is 9.84. The number of anilines is 1. The average molecular weight is 498 g/mol. The van der Waals surface area contributed by atoms with Crippen molar-refractivity contribution in [1.29, 1.82) is 0 Å². The molecule has 7 nitrogen and oxygen atoms in total. The first-order chi connectivity index (χ1) is 16.8. The Morgan fingerprint density at radius 3 is 2.57 bits per heavy atom.